The second-order valence-corrected chi connectivity index (χ2v) is 8.63. The molecule has 1 aliphatic rings. The molecular formula is C29H25N5O4. The van der Waals surface area contributed by atoms with Gasteiger partial charge in [0.25, 0.3) is 11.8 Å². The number of morpholine rings is 1. The van der Waals surface area contributed by atoms with Crippen molar-refractivity contribution in [3.8, 4) is 0 Å². The summed E-state index contributed by atoms with van der Waals surface area (Å²) >= 11 is 0. The van der Waals surface area contributed by atoms with Gasteiger partial charge in [-0.2, -0.15) is 0 Å². The molecule has 0 unspecified atom stereocenters. The van der Waals surface area contributed by atoms with Gasteiger partial charge in [-0.1, -0.05) is 0 Å². The first-order valence-electron chi connectivity index (χ1n) is 12.1. The number of aromatic nitrogens is 2. The first-order chi connectivity index (χ1) is 18.6. The van der Waals surface area contributed by atoms with Crippen LogP contribution in [0.4, 0.5) is 17.1 Å². The Morgan fingerprint density at radius 1 is 0.684 bits per heavy atom. The Labute approximate surface area is 219 Å². The van der Waals surface area contributed by atoms with Crippen molar-refractivity contribution in [3.63, 3.8) is 0 Å². The average molecular weight is 508 g/mol. The lowest BCUT2D eigenvalue weighted by Crippen LogP contribution is -2.36. The number of nitrogens with zero attached hydrogens (tertiary/aromatic N) is 3. The predicted octanol–water partition coefficient (Wildman–Crippen LogP) is 4.05. The second-order valence-electron chi connectivity index (χ2n) is 8.63. The number of hydrogen-bond donors (Lipinski definition) is 2. The summed E-state index contributed by atoms with van der Waals surface area (Å²) in [6, 6.07) is 20.8. The molecule has 9 nitrogen and oxygen atoms in total. The standard InChI is InChI=1S/C29H25N5O4/c35-27(21-3-9-24(10-4-21)33-29(37)26-19-30-13-14-31-26)20-1-7-23(8-2-20)32-28(36)22-5-11-25(12-6-22)34-15-17-38-18-16-34/h1-14,19H,15-18H2,(H,32,36)(H,33,37). The van der Waals surface area contributed by atoms with Gasteiger partial charge in [-0.05, 0) is 72.8 Å². The monoisotopic (exact) mass is 507 g/mol. The first-order valence-corrected chi connectivity index (χ1v) is 12.1. The number of carbonyl (C=O) groups is 3. The molecule has 1 fully saturated rings. The molecular weight excluding hydrogens is 482 g/mol. The minimum absolute atomic E-state index is 0.173. The molecule has 5 rings (SSSR count). The van der Waals surface area contributed by atoms with Crippen LogP contribution in [-0.4, -0.2) is 53.9 Å². The van der Waals surface area contributed by atoms with Gasteiger partial charge in [-0.3, -0.25) is 19.4 Å². The molecule has 9 heteroatoms. The van der Waals surface area contributed by atoms with Crippen molar-refractivity contribution >= 4 is 34.7 Å². The lowest BCUT2D eigenvalue weighted by atomic mass is 10.0. The zero-order valence-corrected chi connectivity index (χ0v) is 20.5. The van der Waals surface area contributed by atoms with Crippen molar-refractivity contribution in [2.75, 3.05) is 41.8 Å². The molecule has 2 heterocycles. The normalized spacial score (nSPS) is 13.0. The van der Waals surface area contributed by atoms with Crippen LogP contribution in [0.1, 0.15) is 36.8 Å². The van der Waals surface area contributed by atoms with Gasteiger partial charge in [-0.15, -0.1) is 0 Å². The lowest BCUT2D eigenvalue weighted by molar-refractivity contribution is 0.101. The van der Waals surface area contributed by atoms with E-state index in [2.05, 4.69) is 25.5 Å². The van der Waals surface area contributed by atoms with E-state index in [0.29, 0.717) is 41.3 Å². The molecule has 3 aromatic carbocycles. The van der Waals surface area contributed by atoms with E-state index in [-0.39, 0.29) is 23.3 Å². The number of carbonyl (C=O) groups excluding carboxylic acids is 3. The van der Waals surface area contributed by atoms with Crippen molar-refractivity contribution in [1.29, 1.82) is 0 Å². The highest BCUT2D eigenvalue weighted by Gasteiger charge is 2.14. The summed E-state index contributed by atoms with van der Waals surface area (Å²) < 4.78 is 5.38. The van der Waals surface area contributed by atoms with Crippen LogP contribution in [0.5, 0.6) is 0 Å². The third-order valence-electron chi connectivity index (χ3n) is 6.11. The molecule has 0 spiro atoms. The fraction of sp³-hybridized carbons (Fsp3) is 0.138. The average Bonchev–Trinajstić information content (AvgIpc) is 2.98. The summed E-state index contributed by atoms with van der Waals surface area (Å²) in [6.45, 7) is 3.08. The molecule has 0 aliphatic carbocycles. The molecule has 4 aromatic rings. The minimum Gasteiger partial charge on any atom is -0.378 e. The van der Waals surface area contributed by atoms with Gasteiger partial charge in [0.1, 0.15) is 5.69 Å². The Balaban J connectivity index is 1.17. The molecule has 0 saturated carbocycles. The highest BCUT2D eigenvalue weighted by Crippen LogP contribution is 2.19. The van der Waals surface area contributed by atoms with Crippen molar-refractivity contribution < 1.29 is 19.1 Å². The number of benzene rings is 3. The van der Waals surface area contributed by atoms with Gasteiger partial charge < -0.3 is 20.3 Å². The van der Waals surface area contributed by atoms with Crippen LogP contribution in [0, 0.1) is 0 Å². The number of anilines is 3. The Kier molecular flexibility index (Phi) is 7.47. The molecule has 0 bridgehead atoms. The SMILES string of the molecule is O=C(Nc1ccc(C(=O)c2ccc(NC(=O)c3cnccn3)cc2)cc1)c1ccc(N2CCOCC2)cc1. The Hall–Kier alpha value is -4.89. The summed E-state index contributed by atoms with van der Waals surface area (Å²) in [7, 11) is 0. The molecule has 0 atom stereocenters. The predicted molar refractivity (Wildman–Crippen MR) is 144 cm³/mol. The van der Waals surface area contributed by atoms with Crippen LogP contribution in [-0.2, 0) is 4.74 Å². The van der Waals surface area contributed by atoms with E-state index < -0.39 is 0 Å². The van der Waals surface area contributed by atoms with E-state index >= 15 is 0 Å². The topological polar surface area (TPSA) is 114 Å². The van der Waals surface area contributed by atoms with Crippen LogP contribution < -0.4 is 15.5 Å². The van der Waals surface area contributed by atoms with E-state index in [9.17, 15) is 14.4 Å². The molecule has 1 saturated heterocycles. The maximum absolute atomic E-state index is 12.9. The summed E-state index contributed by atoms with van der Waals surface area (Å²) in [6.07, 6.45) is 4.31. The highest BCUT2D eigenvalue weighted by molar-refractivity contribution is 6.10. The molecule has 38 heavy (non-hydrogen) atoms. The first kappa shape index (κ1) is 24.8. The number of amides is 2. The zero-order valence-electron chi connectivity index (χ0n) is 20.5. The summed E-state index contributed by atoms with van der Waals surface area (Å²) in [5.74, 6) is -0.784. The molecule has 1 aliphatic heterocycles. The van der Waals surface area contributed by atoms with Crippen LogP contribution in [0.2, 0.25) is 0 Å². The number of ether oxygens (including phenoxy) is 1. The van der Waals surface area contributed by atoms with Gasteiger partial charge in [-0.25, -0.2) is 4.98 Å². The fourth-order valence-corrected chi connectivity index (χ4v) is 4.04. The van der Waals surface area contributed by atoms with E-state index in [4.69, 9.17) is 4.74 Å². The van der Waals surface area contributed by atoms with Crippen LogP contribution in [0.15, 0.2) is 91.4 Å². The number of ketones is 1. The van der Waals surface area contributed by atoms with Crippen molar-refractivity contribution in [1.82, 2.24) is 9.97 Å². The zero-order chi connectivity index (χ0) is 26.3. The lowest BCUT2D eigenvalue weighted by Gasteiger charge is -2.28. The van der Waals surface area contributed by atoms with Crippen molar-refractivity contribution in [3.05, 3.63) is 114 Å². The van der Waals surface area contributed by atoms with E-state index in [1.807, 2.05) is 12.1 Å². The van der Waals surface area contributed by atoms with Gasteiger partial charge in [0.15, 0.2) is 5.78 Å². The second kappa shape index (κ2) is 11.4. The largest absolute Gasteiger partial charge is 0.378 e. The number of rotatable bonds is 7. The molecule has 1 aromatic heterocycles. The Morgan fingerprint density at radius 2 is 1.24 bits per heavy atom. The molecule has 190 valence electrons. The van der Waals surface area contributed by atoms with E-state index in [1.54, 1.807) is 60.7 Å². The third-order valence-corrected chi connectivity index (χ3v) is 6.11. The maximum atomic E-state index is 12.9. The quantitative estimate of drug-likeness (QED) is 0.363. The Bertz CT molecular complexity index is 1420. The smallest absolute Gasteiger partial charge is 0.275 e. The van der Waals surface area contributed by atoms with E-state index in [0.717, 1.165) is 18.8 Å². The number of nitrogens with one attached hydrogen (secondary N) is 2. The van der Waals surface area contributed by atoms with Crippen LogP contribution in [0.3, 0.4) is 0 Å². The van der Waals surface area contributed by atoms with Gasteiger partial charge in [0, 0.05) is 59.2 Å². The number of hydrogen-bond acceptors (Lipinski definition) is 7. The summed E-state index contributed by atoms with van der Waals surface area (Å²) in [5.41, 5.74) is 3.89. The van der Waals surface area contributed by atoms with Gasteiger partial charge in [0.05, 0.1) is 19.4 Å². The minimum atomic E-state index is -0.386. The fourth-order valence-electron chi connectivity index (χ4n) is 4.04. The maximum Gasteiger partial charge on any atom is 0.275 e. The molecule has 0 radical (unpaired) electrons. The Morgan fingerprint density at radius 3 is 1.79 bits per heavy atom. The van der Waals surface area contributed by atoms with Crippen molar-refractivity contribution in [2.45, 2.75) is 0 Å². The van der Waals surface area contributed by atoms with Gasteiger partial charge >= 0.3 is 0 Å². The highest BCUT2D eigenvalue weighted by atomic mass is 16.5. The van der Waals surface area contributed by atoms with Crippen molar-refractivity contribution in [2.24, 2.45) is 0 Å². The summed E-state index contributed by atoms with van der Waals surface area (Å²) in [4.78, 5) is 47.9. The molecule has 2 N–H and O–H groups in total. The third kappa shape index (κ3) is 5.91. The van der Waals surface area contributed by atoms with E-state index in [1.165, 1.54) is 18.6 Å². The van der Waals surface area contributed by atoms with Gasteiger partial charge in [0.2, 0.25) is 0 Å². The molecule has 2 amide bonds. The van der Waals surface area contributed by atoms with Crippen LogP contribution in [0.25, 0.3) is 0 Å². The van der Waals surface area contributed by atoms with Crippen LogP contribution >= 0.6 is 0 Å². The summed E-state index contributed by atoms with van der Waals surface area (Å²) in [5, 5.41) is 5.59.